The number of aromatic nitrogens is 6. The third-order valence-electron chi connectivity index (χ3n) is 4.92. The van der Waals surface area contributed by atoms with Gasteiger partial charge < -0.3 is 18.8 Å². The molecule has 156 valence electrons. The Kier molecular flexibility index (Phi) is 5.25. The van der Waals surface area contributed by atoms with Gasteiger partial charge in [0.15, 0.2) is 5.78 Å². The molecule has 4 aromatic heterocycles. The minimum absolute atomic E-state index is 0.114. The van der Waals surface area contributed by atoms with Gasteiger partial charge in [-0.3, -0.25) is 4.79 Å². The van der Waals surface area contributed by atoms with Crippen LogP contribution in [0.4, 0.5) is 0 Å². The Hall–Kier alpha value is -2.91. The van der Waals surface area contributed by atoms with E-state index >= 15 is 0 Å². The van der Waals surface area contributed by atoms with Crippen molar-refractivity contribution in [2.24, 2.45) is 0 Å². The molecule has 0 fully saturated rings. The van der Waals surface area contributed by atoms with E-state index in [1.54, 1.807) is 0 Å². The van der Waals surface area contributed by atoms with E-state index in [0.29, 0.717) is 56.8 Å². The number of hydrogen-bond donors (Lipinski definition) is 2. The summed E-state index contributed by atoms with van der Waals surface area (Å²) < 4.78 is 11.1. The van der Waals surface area contributed by atoms with Crippen LogP contribution in [0, 0.1) is 27.7 Å². The first-order valence-electron chi connectivity index (χ1n) is 9.06. The molecule has 0 aliphatic carbocycles. The second-order valence-electron chi connectivity index (χ2n) is 6.85. The Balaban J connectivity index is 1.77. The maximum atomic E-state index is 13.5. The zero-order valence-corrected chi connectivity index (χ0v) is 18.2. The summed E-state index contributed by atoms with van der Waals surface area (Å²) in [6.45, 7) is 7.32. The molecule has 0 saturated heterocycles. The summed E-state index contributed by atoms with van der Waals surface area (Å²) in [7, 11) is 0. The Morgan fingerprint density at radius 2 is 1.17 bits per heavy atom. The van der Waals surface area contributed by atoms with Gasteiger partial charge in [-0.05, 0) is 38.8 Å². The molecule has 0 aliphatic rings. The van der Waals surface area contributed by atoms with Crippen LogP contribution in [0.25, 0.3) is 23.2 Å². The number of nitrogens with zero attached hydrogens (tertiary/aromatic N) is 4. The van der Waals surface area contributed by atoms with E-state index < -0.39 is 0 Å². The fraction of sp³-hybridized carbons (Fsp3) is 0.316. The third kappa shape index (κ3) is 3.23. The molecule has 0 amide bonds. The van der Waals surface area contributed by atoms with E-state index in [9.17, 15) is 4.79 Å². The van der Waals surface area contributed by atoms with Crippen molar-refractivity contribution in [2.75, 3.05) is 0 Å². The highest BCUT2D eigenvalue weighted by molar-refractivity contribution is 6.17. The smallest absolute Gasteiger partial charge is 0.264 e. The predicted octanol–water partition coefficient (Wildman–Crippen LogP) is 4.39. The number of carbonyl (C=O) groups excluding carboxylic acids is 1. The number of nitrogens with one attached hydrogen (secondary N) is 2. The Bertz CT molecular complexity index is 1150. The Morgan fingerprint density at radius 1 is 0.767 bits per heavy atom. The number of rotatable bonds is 6. The molecule has 4 aromatic rings. The first-order valence-corrected chi connectivity index (χ1v) is 10.1. The fourth-order valence-corrected chi connectivity index (χ4v) is 3.77. The largest absolute Gasteiger partial charge is 0.418 e. The molecule has 0 bridgehead atoms. The van der Waals surface area contributed by atoms with E-state index in [-0.39, 0.29) is 29.3 Å². The maximum absolute atomic E-state index is 13.5. The van der Waals surface area contributed by atoms with Crippen LogP contribution >= 0.6 is 23.2 Å². The summed E-state index contributed by atoms with van der Waals surface area (Å²) in [5, 5.41) is 15.8. The molecular formula is C19H18Cl2N6O3. The highest BCUT2D eigenvalue weighted by atomic mass is 35.5. The Morgan fingerprint density at radius 3 is 1.50 bits per heavy atom. The molecule has 0 aromatic carbocycles. The van der Waals surface area contributed by atoms with Crippen LogP contribution in [0.3, 0.4) is 0 Å². The van der Waals surface area contributed by atoms with Gasteiger partial charge in [0.1, 0.15) is 23.1 Å². The average molecular weight is 449 g/mol. The van der Waals surface area contributed by atoms with E-state index in [1.165, 1.54) is 0 Å². The number of aromatic amines is 2. The van der Waals surface area contributed by atoms with Gasteiger partial charge in [-0.1, -0.05) is 0 Å². The first-order chi connectivity index (χ1) is 14.3. The van der Waals surface area contributed by atoms with Crippen LogP contribution in [0.15, 0.2) is 8.83 Å². The summed E-state index contributed by atoms with van der Waals surface area (Å²) in [6, 6.07) is 0. The fourth-order valence-electron chi connectivity index (χ4n) is 3.55. The SMILES string of the molecule is Cc1[nH]c(-c2nnc(CCl)o2)c(C)c1C(=O)c1c(C)[nH]c(-c2nnc(CCl)o2)c1C. The number of carbonyl (C=O) groups is 1. The normalized spacial score (nSPS) is 11.4. The highest BCUT2D eigenvalue weighted by Crippen LogP contribution is 2.33. The van der Waals surface area contributed by atoms with Crippen molar-refractivity contribution in [3.05, 3.63) is 45.4 Å². The quantitative estimate of drug-likeness (QED) is 0.330. The molecule has 2 N–H and O–H groups in total. The number of ketones is 1. The van der Waals surface area contributed by atoms with Crippen LogP contribution in [-0.2, 0) is 11.8 Å². The van der Waals surface area contributed by atoms with Gasteiger partial charge in [0, 0.05) is 22.5 Å². The van der Waals surface area contributed by atoms with Gasteiger partial charge in [0.05, 0.1) is 0 Å². The molecule has 0 radical (unpaired) electrons. The average Bonchev–Trinajstić information content (AvgIpc) is 3.48. The lowest BCUT2D eigenvalue weighted by molar-refractivity contribution is 0.103. The second kappa shape index (κ2) is 7.73. The lowest BCUT2D eigenvalue weighted by Gasteiger charge is -2.04. The number of alkyl halides is 2. The minimum Gasteiger partial charge on any atom is -0.418 e. The van der Waals surface area contributed by atoms with Gasteiger partial charge in [-0.2, -0.15) is 0 Å². The second-order valence-corrected chi connectivity index (χ2v) is 7.38. The van der Waals surface area contributed by atoms with Gasteiger partial charge in [-0.25, -0.2) is 0 Å². The lowest BCUT2D eigenvalue weighted by Crippen LogP contribution is -2.06. The molecule has 4 rings (SSSR count). The van der Waals surface area contributed by atoms with E-state index in [0.717, 1.165) is 0 Å². The first kappa shape index (κ1) is 20.4. The molecule has 9 nitrogen and oxygen atoms in total. The molecular weight excluding hydrogens is 431 g/mol. The summed E-state index contributed by atoms with van der Waals surface area (Å²) in [6.07, 6.45) is 0. The van der Waals surface area contributed by atoms with Crippen molar-refractivity contribution >= 4 is 29.0 Å². The molecule has 0 saturated carbocycles. The molecule has 0 atom stereocenters. The zero-order valence-electron chi connectivity index (χ0n) is 16.7. The molecule has 0 unspecified atom stereocenters. The number of hydrogen-bond acceptors (Lipinski definition) is 7. The number of halogens is 2. The van der Waals surface area contributed by atoms with Gasteiger partial charge in [0.25, 0.3) is 11.8 Å². The predicted molar refractivity (Wildman–Crippen MR) is 110 cm³/mol. The van der Waals surface area contributed by atoms with Crippen molar-refractivity contribution in [1.29, 1.82) is 0 Å². The topological polar surface area (TPSA) is 126 Å². The Labute approximate surface area is 181 Å². The number of aryl methyl sites for hydroxylation is 2. The summed E-state index contributed by atoms with van der Waals surface area (Å²) in [4.78, 5) is 19.9. The zero-order chi connectivity index (χ0) is 21.6. The van der Waals surface area contributed by atoms with Crippen molar-refractivity contribution in [3.63, 3.8) is 0 Å². The summed E-state index contributed by atoms with van der Waals surface area (Å²) in [5.41, 5.74) is 5.09. The highest BCUT2D eigenvalue weighted by Gasteiger charge is 2.28. The molecule has 4 heterocycles. The van der Waals surface area contributed by atoms with Crippen molar-refractivity contribution in [3.8, 4) is 23.2 Å². The summed E-state index contributed by atoms with van der Waals surface area (Å²) >= 11 is 11.5. The number of H-pyrrole nitrogens is 2. The van der Waals surface area contributed by atoms with Crippen molar-refractivity contribution in [1.82, 2.24) is 30.4 Å². The molecule has 30 heavy (non-hydrogen) atoms. The van der Waals surface area contributed by atoms with Crippen molar-refractivity contribution in [2.45, 2.75) is 39.5 Å². The van der Waals surface area contributed by atoms with Crippen LogP contribution in [-0.4, -0.2) is 36.1 Å². The van der Waals surface area contributed by atoms with E-state index in [2.05, 4.69) is 30.4 Å². The van der Waals surface area contributed by atoms with Gasteiger partial charge in [0.2, 0.25) is 11.8 Å². The lowest BCUT2D eigenvalue weighted by atomic mass is 9.96. The summed E-state index contributed by atoms with van der Waals surface area (Å²) in [5.74, 6) is 1.28. The van der Waals surface area contributed by atoms with Crippen LogP contribution in [0.2, 0.25) is 0 Å². The monoisotopic (exact) mass is 448 g/mol. The molecule has 0 spiro atoms. The maximum Gasteiger partial charge on any atom is 0.264 e. The standard InChI is InChI=1S/C19H18Cl2N6O3/c1-7-13(9(3)22-15(7)18-26-24-11(5-20)29-18)17(28)14-8(2)16(23-10(14)4)19-27-25-12(6-21)30-19/h22-23H,5-6H2,1-4H3. The minimum atomic E-state index is -0.140. The van der Waals surface area contributed by atoms with Crippen LogP contribution in [0.1, 0.15) is 50.2 Å². The van der Waals surface area contributed by atoms with Gasteiger partial charge in [-0.15, -0.1) is 43.6 Å². The van der Waals surface area contributed by atoms with Crippen molar-refractivity contribution < 1.29 is 13.6 Å². The molecule has 11 heteroatoms. The van der Waals surface area contributed by atoms with Crippen LogP contribution in [0.5, 0.6) is 0 Å². The van der Waals surface area contributed by atoms with E-state index in [4.69, 9.17) is 32.0 Å². The van der Waals surface area contributed by atoms with E-state index in [1.807, 2.05) is 27.7 Å². The van der Waals surface area contributed by atoms with Gasteiger partial charge >= 0.3 is 0 Å². The van der Waals surface area contributed by atoms with Crippen LogP contribution < -0.4 is 0 Å². The third-order valence-corrected chi connectivity index (χ3v) is 5.38. The molecule has 0 aliphatic heterocycles.